The van der Waals surface area contributed by atoms with Crippen molar-refractivity contribution in [2.45, 2.75) is 32.2 Å². The van der Waals surface area contributed by atoms with Gasteiger partial charge in [0.25, 0.3) is 5.56 Å². The van der Waals surface area contributed by atoms with Gasteiger partial charge in [0.1, 0.15) is 0 Å². The molecule has 0 amide bonds. The maximum Gasteiger partial charge on any atom is 0.310 e. The van der Waals surface area contributed by atoms with Gasteiger partial charge < -0.3 is 0 Å². The average Bonchev–Trinajstić information content (AvgIpc) is 2.93. The van der Waals surface area contributed by atoms with Crippen LogP contribution >= 0.6 is 24.0 Å². The van der Waals surface area contributed by atoms with Crippen LogP contribution in [0.15, 0.2) is 33.9 Å². The van der Waals surface area contributed by atoms with Gasteiger partial charge in [-0.3, -0.25) is 14.2 Å². The van der Waals surface area contributed by atoms with Gasteiger partial charge in [-0.05, 0) is 36.1 Å². The van der Waals surface area contributed by atoms with E-state index in [1.165, 1.54) is 17.4 Å². The molecule has 5 heteroatoms. The molecule has 1 aliphatic rings. The van der Waals surface area contributed by atoms with E-state index in [0.29, 0.717) is 11.9 Å². The highest BCUT2D eigenvalue weighted by atomic mass is 32.1. The van der Waals surface area contributed by atoms with Crippen LogP contribution in [0.5, 0.6) is 0 Å². The Morgan fingerprint density at radius 2 is 1.90 bits per heavy atom. The van der Waals surface area contributed by atoms with E-state index in [0.717, 1.165) is 34.6 Å². The largest absolute Gasteiger partial charge is 0.310 e. The number of nitrogens with zero attached hydrogens (tertiary/aromatic N) is 1. The van der Waals surface area contributed by atoms with E-state index in [4.69, 9.17) is 0 Å². The number of benzene rings is 1. The monoisotopic (exact) mass is 307 g/mol. The molecule has 1 heterocycles. The van der Waals surface area contributed by atoms with Gasteiger partial charge in [0.2, 0.25) is 0 Å². The zero-order chi connectivity index (χ0) is 14.2. The van der Waals surface area contributed by atoms with E-state index in [-0.39, 0.29) is 15.8 Å². The molecule has 0 bridgehead atoms. The smallest absolute Gasteiger partial charge is 0.269 e. The fraction of sp³-hybridized carbons (Fsp3) is 0.467. The second-order valence-electron chi connectivity index (χ2n) is 5.62. The number of hydrogen-bond donors (Lipinski definition) is 1. The Morgan fingerprint density at radius 3 is 2.60 bits per heavy atom. The van der Waals surface area contributed by atoms with Crippen molar-refractivity contribution >= 4 is 34.1 Å². The minimum absolute atomic E-state index is 0.0152. The van der Waals surface area contributed by atoms with Crippen molar-refractivity contribution in [3.05, 3.63) is 44.3 Å². The van der Waals surface area contributed by atoms with Gasteiger partial charge in [-0.25, -0.2) is 0 Å². The van der Waals surface area contributed by atoms with Gasteiger partial charge in [-0.1, -0.05) is 36.3 Å². The summed E-state index contributed by atoms with van der Waals surface area (Å²) >= 11 is 5.62. The molecule has 3 nitrogen and oxygen atoms in total. The Kier molecular flexibility index (Phi) is 3.73. The Labute approximate surface area is 126 Å². The molecule has 1 aromatic carbocycles. The quantitative estimate of drug-likeness (QED) is 0.886. The van der Waals surface area contributed by atoms with Crippen LogP contribution in [0, 0.1) is 5.41 Å². The van der Waals surface area contributed by atoms with Gasteiger partial charge in [0.05, 0.1) is 5.39 Å². The van der Waals surface area contributed by atoms with Crippen molar-refractivity contribution in [2.75, 3.05) is 5.75 Å². The second kappa shape index (κ2) is 5.37. The summed E-state index contributed by atoms with van der Waals surface area (Å²) in [7, 11) is 0. The van der Waals surface area contributed by atoms with Crippen LogP contribution < -0.4 is 10.4 Å². The first-order valence-corrected chi connectivity index (χ1v) is 8.34. The Bertz CT molecular complexity index is 741. The van der Waals surface area contributed by atoms with Gasteiger partial charge >= 0.3 is 4.87 Å². The number of thiol groups is 1. The third-order valence-electron chi connectivity index (χ3n) is 4.27. The van der Waals surface area contributed by atoms with E-state index in [9.17, 15) is 9.59 Å². The van der Waals surface area contributed by atoms with Crippen molar-refractivity contribution in [2.24, 2.45) is 5.41 Å². The van der Waals surface area contributed by atoms with Gasteiger partial charge in [-0.2, -0.15) is 12.6 Å². The van der Waals surface area contributed by atoms with E-state index < -0.39 is 0 Å². The molecule has 0 radical (unpaired) electrons. The maximum absolute atomic E-state index is 12.5. The first-order valence-electron chi connectivity index (χ1n) is 6.89. The lowest BCUT2D eigenvalue weighted by molar-refractivity contribution is 0.285. The van der Waals surface area contributed by atoms with Crippen LogP contribution in [0.3, 0.4) is 0 Å². The Balaban J connectivity index is 2.12. The highest BCUT2D eigenvalue weighted by molar-refractivity contribution is 7.80. The predicted molar refractivity (Wildman–Crippen MR) is 87.1 cm³/mol. The molecule has 106 valence electrons. The third-order valence-corrected chi connectivity index (χ3v) is 5.92. The fourth-order valence-corrected chi connectivity index (χ4v) is 4.35. The SMILES string of the molecule is O=c1sc2ccccc2c(=O)n1CC1(CS)CCCC1. The normalized spacial score (nSPS) is 17.6. The molecule has 0 spiro atoms. The second-order valence-corrected chi connectivity index (χ2v) is 6.93. The van der Waals surface area contributed by atoms with Crippen molar-refractivity contribution in [3.63, 3.8) is 0 Å². The summed E-state index contributed by atoms with van der Waals surface area (Å²) in [6.45, 7) is 0.509. The summed E-state index contributed by atoms with van der Waals surface area (Å²) in [6, 6.07) is 7.33. The number of fused-ring (bicyclic) bond motifs is 1. The standard InChI is InChI=1S/C15H17NO2S2/c17-13-11-5-1-2-6-12(11)20-14(18)16(13)9-15(10-19)7-3-4-8-15/h1-2,5-6,19H,3-4,7-10H2. The van der Waals surface area contributed by atoms with Gasteiger partial charge in [-0.15, -0.1) is 0 Å². The Hall–Kier alpha value is -1.07. The molecule has 0 unspecified atom stereocenters. The van der Waals surface area contributed by atoms with Crippen LogP contribution in [0.1, 0.15) is 25.7 Å². The lowest BCUT2D eigenvalue weighted by Gasteiger charge is -2.27. The van der Waals surface area contributed by atoms with E-state index in [2.05, 4.69) is 12.6 Å². The van der Waals surface area contributed by atoms with Gasteiger partial charge in [0, 0.05) is 11.2 Å². The van der Waals surface area contributed by atoms with E-state index in [1.54, 1.807) is 6.07 Å². The summed E-state index contributed by atoms with van der Waals surface area (Å²) in [6.07, 6.45) is 4.45. The lowest BCUT2D eigenvalue weighted by Crippen LogP contribution is -2.38. The van der Waals surface area contributed by atoms with Crippen LogP contribution in [-0.2, 0) is 6.54 Å². The maximum atomic E-state index is 12.5. The summed E-state index contributed by atoms with van der Waals surface area (Å²) in [5.74, 6) is 0.733. The third kappa shape index (κ3) is 2.33. The number of hydrogen-bond acceptors (Lipinski definition) is 4. The lowest BCUT2D eigenvalue weighted by atomic mass is 9.88. The molecular weight excluding hydrogens is 290 g/mol. The summed E-state index contributed by atoms with van der Waals surface area (Å²) in [5.41, 5.74) is -0.140. The van der Waals surface area contributed by atoms with E-state index in [1.807, 2.05) is 18.2 Å². The summed E-state index contributed by atoms with van der Waals surface area (Å²) in [5, 5.41) is 0.643. The van der Waals surface area contributed by atoms with Crippen molar-refractivity contribution in [1.29, 1.82) is 0 Å². The molecule has 1 aliphatic carbocycles. The average molecular weight is 307 g/mol. The molecule has 1 aromatic heterocycles. The molecule has 2 aromatic rings. The summed E-state index contributed by atoms with van der Waals surface area (Å²) in [4.78, 5) is 24.6. The molecule has 1 fully saturated rings. The highest BCUT2D eigenvalue weighted by Gasteiger charge is 2.33. The molecular formula is C15H17NO2S2. The zero-order valence-electron chi connectivity index (χ0n) is 11.2. The minimum Gasteiger partial charge on any atom is -0.269 e. The molecule has 0 saturated heterocycles. The molecule has 3 rings (SSSR count). The summed E-state index contributed by atoms with van der Waals surface area (Å²) < 4.78 is 2.19. The van der Waals surface area contributed by atoms with Crippen LogP contribution in [0.25, 0.3) is 10.1 Å². The molecule has 0 aliphatic heterocycles. The first kappa shape index (κ1) is 13.9. The zero-order valence-corrected chi connectivity index (χ0v) is 12.9. The molecule has 1 saturated carbocycles. The molecule has 0 atom stereocenters. The topological polar surface area (TPSA) is 39.1 Å². The number of aromatic nitrogens is 1. The van der Waals surface area contributed by atoms with Crippen LogP contribution in [0.4, 0.5) is 0 Å². The first-order chi connectivity index (χ1) is 9.65. The van der Waals surface area contributed by atoms with Crippen molar-refractivity contribution in [1.82, 2.24) is 4.57 Å². The minimum atomic E-state index is -0.155. The van der Waals surface area contributed by atoms with Crippen LogP contribution in [-0.4, -0.2) is 10.3 Å². The van der Waals surface area contributed by atoms with E-state index >= 15 is 0 Å². The fourth-order valence-electron chi connectivity index (χ4n) is 3.07. The van der Waals surface area contributed by atoms with Crippen molar-refractivity contribution in [3.8, 4) is 0 Å². The molecule has 0 N–H and O–H groups in total. The predicted octanol–water partition coefficient (Wildman–Crippen LogP) is 2.91. The van der Waals surface area contributed by atoms with Gasteiger partial charge in [0.15, 0.2) is 0 Å². The number of rotatable bonds is 3. The van der Waals surface area contributed by atoms with Crippen molar-refractivity contribution < 1.29 is 0 Å². The van der Waals surface area contributed by atoms with Crippen LogP contribution in [0.2, 0.25) is 0 Å². The highest BCUT2D eigenvalue weighted by Crippen LogP contribution is 2.40. The Morgan fingerprint density at radius 1 is 1.20 bits per heavy atom. The molecule has 20 heavy (non-hydrogen) atoms.